The van der Waals surface area contributed by atoms with E-state index in [1.54, 1.807) is 9.58 Å². The molecule has 0 unspecified atom stereocenters. The molecule has 2 amide bonds. The van der Waals surface area contributed by atoms with Crippen molar-refractivity contribution < 1.29 is 9.59 Å². The Hall–Kier alpha value is -2.63. The number of anilines is 1. The van der Waals surface area contributed by atoms with Crippen LogP contribution in [-0.2, 0) is 15.0 Å². The maximum atomic E-state index is 13.0. The minimum absolute atomic E-state index is 0.0120. The summed E-state index contributed by atoms with van der Waals surface area (Å²) in [4.78, 5) is 27.5. The van der Waals surface area contributed by atoms with E-state index in [-0.39, 0.29) is 29.7 Å². The van der Waals surface area contributed by atoms with Crippen molar-refractivity contribution in [3.63, 3.8) is 0 Å². The summed E-state index contributed by atoms with van der Waals surface area (Å²) in [7, 11) is 0. The fourth-order valence-electron chi connectivity index (χ4n) is 3.28. The number of amides is 2. The van der Waals surface area contributed by atoms with E-state index < -0.39 is 5.41 Å². The van der Waals surface area contributed by atoms with Gasteiger partial charge in [-0.15, -0.1) is 0 Å². The molecule has 0 bridgehead atoms. The molecule has 0 radical (unpaired) electrons. The van der Waals surface area contributed by atoms with Gasteiger partial charge in [0.2, 0.25) is 11.8 Å². The Balaban J connectivity index is 2.34. The highest BCUT2D eigenvalue weighted by Crippen LogP contribution is 2.27. The first kappa shape index (κ1) is 24.6. The van der Waals surface area contributed by atoms with Gasteiger partial charge in [-0.1, -0.05) is 67.5 Å². The lowest BCUT2D eigenvalue weighted by molar-refractivity contribution is -0.142. The monoisotopic (exact) mass is 426 g/mol. The normalized spacial score (nSPS) is 12.2. The molecule has 170 valence electrons. The number of carbonyl (C=O) groups is 2. The zero-order chi connectivity index (χ0) is 23.6. The minimum Gasteiger partial charge on any atom is -0.333 e. The van der Waals surface area contributed by atoms with Crippen molar-refractivity contribution >= 4 is 17.6 Å². The third-order valence-corrected chi connectivity index (χ3v) is 4.84. The van der Waals surface area contributed by atoms with Gasteiger partial charge >= 0.3 is 0 Å². The van der Waals surface area contributed by atoms with Gasteiger partial charge in [-0.3, -0.25) is 9.59 Å². The van der Waals surface area contributed by atoms with Gasteiger partial charge < -0.3 is 10.2 Å². The van der Waals surface area contributed by atoms with Gasteiger partial charge in [0.15, 0.2) is 0 Å². The van der Waals surface area contributed by atoms with Crippen molar-refractivity contribution in [3.8, 4) is 5.69 Å². The summed E-state index contributed by atoms with van der Waals surface area (Å²) in [6.45, 7) is 18.6. The zero-order valence-electron chi connectivity index (χ0n) is 20.5. The Labute approximate surface area is 187 Å². The maximum Gasteiger partial charge on any atom is 0.245 e. The lowest BCUT2D eigenvalue weighted by Gasteiger charge is -2.30. The topological polar surface area (TPSA) is 67.2 Å². The first-order valence-electron chi connectivity index (χ1n) is 11.0. The van der Waals surface area contributed by atoms with Crippen LogP contribution in [0.5, 0.6) is 0 Å². The molecule has 1 N–H and O–H groups in total. The Morgan fingerprint density at radius 2 is 1.74 bits per heavy atom. The molecule has 6 nitrogen and oxygen atoms in total. The maximum absolute atomic E-state index is 13.0. The van der Waals surface area contributed by atoms with Gasteiger partial charge in [0.1, 0.15) is 5.82 Å². The first-order valence-corrected chi connectivity index (χ1v) is 11.0. The number of aryl methyl sites for hydroxylation is 1. The number of nitrogens with one attached hydrogen (secondary N) is 1. The van der Waals surface area contributed by atoms with Crippen molar-refractivity contribution in [2.24, 2.45) is 11.3 Å². The highest BCUT2D eigenvalue weighted by Gasteiger charge is 2.29. The smallest absolute Gasteiger partial charge is 0.245 e. The summed E-state index contributed by atoms with van der Waals surface area (Å²) in [5.41, 5.74) is 2.17. The van der Waals surface area contributed by atoms with Crippen LogP contribution in [0.15, 0.2) is 30.3 Å². The molecule has 0 aliphatic heterocycles. The van der Waals surface area contributed by atoms with E-state index in [4.69, 9.17) is 5.10 Å². The Kier molecular flexibility index (Phi) is 7.35. The number of rotatable bonds is 6. The Bertz CT molecular complexity index is 930. The van der Waals surface area contributed by atoms with Gasteiger partial charge in [-0.2, -0.15) is 5.10 Å². The third kappa shape index (κ3) is 6.68. The number of carbonyl (C=O) groups excluding carboxylic acids is 2. The molecule has 0 atom stereocenters. The summed E-state index contributed by atoms with van der Waals surface area (Å²) >= 11 is 0. The van der Waals surface area contributed by atoms with Crippen LogP contribution in [0.4, 0.5) is 5.82 Å². The van der Waals surface area contributed by atoms with E-state index in [2.05, 4.69) is 26.1 Å². The van der Waals surface area contributed by atoms with Crippen molar-refractivity contribution in [2.75, 3.05) is 18.4 Å². The van der Waals surface area contributed by atoms with Crippen molar-refractivity contribution in [1.29, 1.82) is 0 Å². The van der Waals surface area contributed by atoms with Crippen LogP contribution in [0, 0.1) is 18.3 Å². The van der Waals surface area contributed by atoms with Crippen LogP contribution >= 0.6 is 0 Å². The molecule has 0 spiro atoms. The molecule has 2 aromatic rings. The molecular formula is C25H38N4O2. The molecule has 1 aromatic heterocycles. The van der Waals surface area contributed by atoms with E-state index in [0.717, 1.165) is 16.9 Å². The van der Waals surface area contributed by atoms with Gasteiger partial charge in [-0.25, -0.2) is 4.68 Å². The molecule has 0 aliphatic rings. The summed E-state index contributed by atoms with van der Waals surface area (Å²) in [5, 5.41) is 7.77. The van der Waals surface area contributed by atoms with Crippen molar-refractivity contribution in [1.82, 2.24) is 14.7 Å². The summed E-state index contributed by atoms with van der Waals surface area (Å²) in [6.07, 6.45) is 0. The highest BCUT2D eigenvalue weighted by atomic mass is 16.2. The van der Waals surface area contributed by atoms with Crippen LogP contribution in [0.2, 0.25) is 0 Å². The van der Waals surface area contributed by atoms with E-state index in [0.29, 0.717) is 12.4 Å². The molecule has 31 heavy (non-hydrogen) atoms. The van der Waals surface area contributed by atoms with Crippen LogP contribution in [0.1, 0.15) is 66.6 Å². The van der Waals surface area contributed by atoms with Crippen LogP contribution < -0.4 is 5.32 Å². The predicted molar refractivity (Wildman–Crippen MR) is 127 cm³/mol. The van der Waals surface area contributed by atoms with E-state index >= 15 is 0 Å². The second-order valence-corrected chi connectivity index (χ2v) is 10.8. The first-order chi connectivity index (χ1) is 14.2. The molecule has 1 aromatic carbocycles. The summed E-state index contributed by atoms with van der Waals surface area (Å²) in [5.74, 6) is 0.615. The van der Waals surface area contributed by atoms with E-state index in [9.17, 15) is 9.59 Å². The predicted octanol–water partition coefficient (Wildman–Crippen LogP) is 4.95. The molecule has 0 aliphatic carbocycles. The molecule has 1 heterocycles. The second-order valence-electron chi connectivity index (χ2n) is 10.8. The average Bonchev–Trinajstić information content (AvgIpc) is 3.03. The fraction of sp³-hybridized carbons (Fsp3) is 0.560. The lowest BCUT2D eigenvalue weighted by Crippen LogP contribution is -2.45. The lowest BCUT2D eigenvalue weighted by atomic mass is 9.92. The van der Waals surface area contributed by atoms with E-state index in [1.165, 1.54) is 0 Å². The second kappa shape index (κ2) is 9.25. The van der Waals surface area contributed by atoms with Crippen molar-refractivity contribution in [2.45, 2.75) is 67.7 Å². The van der Waals surface area contributed by atoms with Gasteiger partial charge in [0, 0.05) is 23.4 Å². The Morgan fingerprint density at radius 1 is 1.10 bits per heavy atom. The van der Waals surface area contributed by atoms with Crippen molar-refractivity contribution in [3.05, 3.63) is 41.6 Å². The number of nitrogens with zero attached hydrogens (tertiary/aromatic N) is 3. The van der Waals surface area contributed by atoms with Gasteiger partial charge in [0.25, 0.3) is 0 Å². The largest absolute Gasteiger partial charge is 0.333 e. The van der Waals surface area contributed by atoms with Gasteiger partial charge in [0.05, 0.1) is 17.9 Å². The number of hydrogen-bond acceptors (Lipinski definition) is 3. The molecular weight excluding hydrogens is 388 g/mol. The Morgan fingerprint density at radius 3 is 2.26 bits per heavy atom. The minimum atomic E-state index is -0.544. The highest BCUT2D eigenvalue weighted by molar-refractivity contribution is 5.95. The number of benzene rings is 1. The zero-order valence-corrected chi connectivity index (χ0v) is 20.5. The third-order valence-electron chi connectivity index (χ3n) is 4.84. The summed E-state index contributed by atoms with van der Waals surface area (Å²) in [6, 6.07) is 9.91. The molecule has 6 heteroatoms. The molecule has 0 saturated carbocycles. The SMILES string of the molecule is Cc1cccc(-n2nc(C(C)(C)C)cc2NC(=O)CN(CC(C)C)C(=O)C(C)(C)C)c1. The fourth-order valence-corrected chi connectivity index (χ4v) is 3.28. The molecule has 0 saturated heterocycles. The average molecular weight is 427 g/mol. The van der Waals surface area contributed by atoms with E-state index in [1.807, 2.05) is 71.9 Å². The molecule has 2 rings (SSSR count). The quantitative estimate of drug-likeness (QED) is 0.711. The summed E-state index contributed by atoms with van der Waals surface area (Å²) < 4.78 is 1.77. The van der Waals surface area contributed by atoms with Crippen LogP contribution in [0.25, 0.3) is 5.69 Å². The van der Waals surface area contributed by atoms with Crippen LogP contribution in [-0.4, -0.2) is 39.6 Å². The number of hydrogen-bond donors (Lipinski definition) is 1. The molecule has 0 fully saturated rings. The van der Waals surface area contributed by atoms with Crippen LogP contribution in [0.3, 0.4) is 0 Å². The van der Waals surface area contributed by atoms with Gasteiger partial charge in [-0.05, 0) is 30.5 Å². The standard InChI is InChI=1S/C25H38N4O2/c1-17(2)15-28(23(31)25(7,8)9)16-22(30)26-21-14-20(24(4,5)6)27-29(21)19-12-10-11-18(3)13-19/h10-14,17H,15-16H2,1-9H3,(H,26,30). The number of aromatic nitrogens is 2.